The number of Topliss-reactive ketones (excluding diaryl/α,β-unsaturated/α-hetero) is 1. The van der Waals surface area contributed by atoms with Crippen LogP contribution in [-0.2, 0) is 0 Å². The molecule has 98 valence electrons. The highest BCUT2D eigenvalue weighted by Gasteiger charge is 2.25. The van der Waals surface area contributed by atoms with Crippen LogP contribution >= 0.6 is 0 Å². The lowest BCUT2D eigenvalue weighted by Crippen LogP contribution is -2.21. The molecule has 0 bridgehead atoms. The van der Waals surface area contributed by atoms with Crippen LogP contribution in [-0.4, -0.2) is 5.78 Å². The lowest BCUT2D eigenvalue weighted by molar-refractivity contribution is 0.0931. The highest BCUT2D eigenvalue weighted by molar-refractivity contribution is 5.96. The average Bonchev–Trinajstić information content (AvgIpc) is 2.40. The van der Waals surface area contributed by atoms with Crippen LogP contribution in [0.2, 0.25) is 0 Å². The maximum Gasteiger partial charge on any atom is 0.163 e. The fourth-order valence-corrected chi connectivity index (χ4v) is 3.13. The number of ketones is 1. The van der Waals surface area contributed by atoms with Crippen molar-refractivity contribution in [2.24, 2.45) is 17.8 Å². The molecule has 0 radical (unpaired) electrons. The summed E-state index contributed by atoms with van der Waals surface area (Å²) in [7, 11) is 0. The molecule has 0 amide bonds. The van der Waals surface area contributed by atoms with E-state index in [0.717, 1.165) is 23.8 Å². The highest BCUT2D eigenvalue weighted by Crippen LogP contribution is 2.35. The monoisotopic (exact) mass is 244 g/mol. The van der Waals surface area contributed by atoms with E-state index in [9.17, 15) is 4.79 Å². The molecule has 2 atom stereocenters. The Morgan fingerprint density at radius 3 is 2.61 bits per heavy atom. The van der Waals surface area contributed by atoms with E-state index in [1.165, 1.54) is 25.7 Å². The van der Waals surface area contributed by atoms with Gasteiger partial charge in [-0.1, -0.05) is 57.0 Å². The number of benzene rings is 1. The minimum absolute atomic E-state index is 0.324. The zero-order valence-corrected chi connectivity index (χ0v) is 11.6. The van der Waals surface area contributed by atoms with E-state index in [4.69, 9.17) is 0 Å². The molecule has 1 fully saturated rings. The first-order chi connectivity index (χ1) is 8.66. The molecule has 1 aromatic rings. The fourth-order valence-electron chi connectivity index (χ4n) is 3.13. The SMILES string of the molecule is CC(C)C1CCCC(CC(=O)c2ccccc2)C1. The molecular formula is C17H24O. The van der Waals surface area contributed by atoms with E-state index in [0.29, 0.717) is 11.7 Å². The Morgan fingerprint density at radius 1 is 1.22 bits per heavy atom. The van der Waals surface area contributed by atoms with Crippen LogP contribution in [0.5, 0.6) is 0 Å². The van der Waals surface area contributed by atoms with E-state index in [-0.39, 0.29) is 0 Å². The van der Waals surface area contributed by atoms with Crippen molar-refractivity contribution in [1.29, 1.82) is 0 Å². The summed E-state index contributed by atoms with van der Waals surface area (Å²) < 4.78 is 0. The molecule has 0 N–H and O–H groups in total. The molecule has 2 rings (SSSR count). The molecule has 0 spiro atoms. The van der Waals surface area contributed by atoms with Crippen molar-refractivity contribution in [3.05, 3.63) is 35.9 Å². The molecule has 1 saturated carbocycles. The maximum absolute atomic E-state index is 12.2. The van der Waals surface area contributed by atoms with Gasteiger partial charge in [0, 0.05) is 12.0 Å². The van der Waals surface area contributed by atoms with Crippen LogP contribution in [0.1, 0.15) is 56.3 Å². The van der Waals surface area contributed by atoms with Gasteiger partial charge in [0.05, 0.1) is 0 Å². The normalized spacial score (nSPS) is 24.2. The summed E-state index contributed by atoms with van der Waals surface area (Å²) in [5.41, 5.74) is 0.879. The third kappa shape index (κ3) is 3.44. The van der Waals surface area contributed by atoms with Crippen molar-refractivity contribution in [3.8, 4) is 0 Å². The van der Waals surface area contributed by atoms with Crippen molar-refractivity contribution in [2.45, 2.75) is 46.0 Å². The molecule has 1 heteroatoms. The molecule has 1 aliphatic rings. The average molecular weight is 244 g/mol. The second kappa shape index (κ2) is 6.17. The second-order valence-corrected chi connectivity index (χ2v) is 6.03. The predicted octanol–water partition coefficient (Wildman–Crippen LogP) is 4.72. The first-order valence-electron chi connectivity index (χ1n) is 7.25. The van der Waals surface area contributed by atoms with E-state index in [2.05, 4.69) is 13.8 Å². The van der Waals surface area contributed by atoms with Crippen LogP contribution in [0.25, 0.3) is 0 Å². The van der Waals surface area contributed by atoms with Crippen molar-refractivity contribution in [3.63, 3.8) is 0 Å². The number of hydrogen-bond acceptors (Lipinski definition) is 1. The third-order valence-corrected chi connectivity index (χ3v) is 4.34. The van der Waals surface area contributed by atoms with Crippen molar-refractivity contribution in [1.82, 2.24) is 0 Å². The number of carbonyl (C=O) groups is 1. The van der Waals surface area contributed by atoms with Gasteiger partial charge in [0.1, 0.15) is 0 Å². The maximum atomic E-state index is 12.2. The Morgan fingerprint density at radius 2 is 1.94 bits per heavy atom. The van der Waals surface area contributed by atoms with Crippen LogP contribution in [0.3, 0.4) is 0 Å². The molecule has 18 heavy (non-hydrogen) atoms. The number of rotatable bonds is 4. The fraction of sp³-hybridized carbons (Fsp3) is 0.588. The topological polar surface area (TPSA) is 17.1 Å². The Bertz CT molecular complexity index is 380. The summed E-state index contributed by atoms with van der Waals surface area (Å²) in [5.74, 6) is 2.52. The van der Waals surface area contributed by atoms with Crippen LogP contribution in [0.4, 0.5) is 0 Å². The lowest BCUT2D eigenvalue weighted by atomic mass is 9.74. The molecule has 1 aromatic carbocycles. The first-order valence-corrected chi connectivity index (χ1v) is 7.25. The van der Waals surface area contributed by atoms with E-state index < -0.39 is 0 Å². The van der Waals surface area contributed by atoms with Gasteiger partial charge in [0.15, 0.2) is 5.78 Å². The summed E-state index contributed by atoms with van der Waals surface area (Å²) in [4.78, 5) is 12.2. The molecular weight excluding hydrogens is 220 g/mol. The molecule has 2 unspecified atom stereocenters. The smallest absolute Gasteiger partial charge is 0.163 e. The summed E-state index contributed by atoms with van der Waals surface area (Å²) in [6.07, 6.45) is 5.88. The summed E-state index contributed by atoms with van der Waals surface area (Å²) in [6, 6.07) is 9.73. The predicted molar refractivity (Wildman–Crippen MR) is 75.7 cm³/mol. The highest BCUT2D eigenvalue weighted by atomic mass is 16.1. The standard InChI is InChI=1S/C17H24O/c1-13(2)16-10-6-7-14(11-16)12-17(18)15-8-4-3-5-9-15/h3-5,8-9,13-14,16H,6-7,10-12H2,1-2H3. The zero-order chi connectivity index (χ0) is 13.0. The van der Waals surface area contributed by atoms with Gasteiger partial charge in [-0.2, -0.15) is 0 Å². The van der Waals surface area contributed by atoms with E-state index >= 15 is 0 Å². The van der Waals surface area contributed by atoms with Crippen molar-refractivity contribution < 1.29 is 4.79 Å². The van der Waals surface area contributed by atoms with Gasteiger partial charge in [-0.3, -0.25) is 4.79 Å². The summed E-state index contributed by atoms with van der Waals surface area (Å²) in [6.45, 7) is 4.62. The largest absolute Gasteiger partial charge is 0.294 e. The molecule has 0 heterocycles. The Labute approximate surface area is 111 Å². The summed E-state index contributed by atoms with van der Waals surface area (Å²) in [5, 5.41) is 0. The van der Waals surface area contributed by atoms with E-state index in [1.807, 2.05) is 30.3 Å². The Hall–Kier alpha value is -1.11. The summed E-state index contributed by atoms with van der Waals surface area (Å²) >= 11 is 0. The second-order valence-electron chi connectivity index (χ2n) is 6.03. The minimum Gasteiger partial charge on any atom is -0.294 e. The van der Waals surface area contributed by atoms with Gasteiger partial charge in [-0.25, -0.2) is 0 Å². The van der Waals surface area contributed by atoms with E-state index in [1.54, 1.807) is 0 Å². The van der Waals surface area contributed by atoms with Gasteiger partial charge in [0.2, 0.25) is 0 Å². The van der Waals surface area contributed by atoms with Gasteiger partial charge in [-0.15, -0.1) is 0 Å². The van der Waals surface area contributed by atoms with Crippen molar-refractivity contribution >= 4 is 5.78 Å². The molecule has 0 aromatic heterocycles. The molecule has 0 saturated heterocycles. The minimum atomic E-state index is 0.324. The number of hydrogen-bond donors (Lipinski definition) is 0. The quantitative estimate of drug-likeness (QED) is 0.700. The van der Waals surface area contributed by atoms with Gasteiger partial charge < -0.3 is 0 Å². The van der Waals surface area contributed by atoms with Crippen LogP contribution < -0.4 is 0 Å². The molecule has 0 aliphatic heterocycles. The van der Waals surface area contributed by atoms with Crippen LogP contribution in [0.15, 0.2) is 30.3 Å². The Kier molecular flexibility index (Phi) is 4.57. The van der Waals surface area contributed by atoms with Crippen molar-refractivity contribution in [2.75, 3.05) is 0 Å². The molecule has 1 nitrogen and oxygen atoms in total. The van der Waals surface area contributed by atoms with Gasteiger partial charge >= 0.3 is 0 Å². The third-order valence-electron chi connectivity index (χ3n) is 4.34. The Balaban J connectivity index is 1.91. The van der Waals surface area contributed by atoms with Gasteiger partial charge in [-0.05, 0) is 30.6 Å². The van der Waals surface area contributed by atoms with Crippen LogP contribution in [0, 0.1) is 17.8 Å². The molecule has 1 aliphatic carbocycles. The first kappa shape index (κ1) is 13.3. The number of carbonyl (C=O) groups excluding carboxylic acids is 1. The zero-order valence-electron chi connectivity index (χ0n) is 11.6. The lowest BCUT2D eigenvalue weighted by Gasteiger charge is -2.31. The van der Waals surface area contributed by atoms with Gasteiger partial charge in [0.25, 0.3) is 0 Å².